The Hall–Kier alpha value is -2.43. The molecule has 0 radical (unpaired) electrons. The van der Waals surface area contributed by atoms with Crippen LogP contribution in [0, 0.1) is 0 Å². The number of hydrazine groups is 2. The highest BCUT2D eigenvalue weighted by molar-refractivity contribution is 9.10. The van der Waals surface area contributed by atoms with Crippen molar-refractivity contribution in [1.29, 1.82) is 0 Å². The maximum Gasteiger partial charge on any atom is 0.416 e. The standard InChI is InChI=1S/C15H13BrF3N3.C2H6N2O/c1-22(20)14-4-2-3-13(16)12(14)6-5-11-9-10(7-8-21-11)15(17,18)19;1-4(3)2-5/h2-9H,20H2,1H3;2H,3H2,1H3/b6-5+;. The molecular weight excluding hydrogens is 427 g/mol. The molecule has 6 nitrogen and oxygen atoms in total. The van der Waals surface area contributed by atoms with Gasteiger partial charge in [-0.05, 0) is 36.4 Å². The molecule has 0 atom stereocenters. The van der Waals surface area contributed by atoms with Crippen LogP contribution in [0.5, 0.6) is 0 Å². The largest absolute Gasteiger partial charge is 0.416 e. The zero-order valence-electron chi connectivity index (χ0n) is 14.6. The molecule has 4 N–H and O–H groups in total. The summed E-state index contributed by atoms with van der Waals surface area (Å²) in [5.41, 5.74) is 0.978. The molecule has 2 rings (SSSR count). The van der Waals surface area contributed by atoms with E-state index in [0.29, 0.717) is 6.41 Å². The minimum absolute atomic E-state index is 0.219. The number of halogens is 4. The number of hydrogen-bond acceptors (Lipinski definition) is 5. The second kappa shape index (κ2) is 10.0. The number of carbonyl (C=O) groups excluding carboxylic acids is 1. The van der Waals surface area contributed by atoms with E-state index >= 15 is 0 Å². The average Bonchev–Trinajstić information content (AvgIpc) is 2.60. The Balaban J connectivity index is 0.000000646. The van der Waals surface area contributed by atoms with Crippen molar-refractivity contribution < 1.29 is 18.0 Å². The molecule has 10 heteroatoms. The SMILES string of the molecule is CN(N)C=O.CN(N)c1cccc(Br)c1/C=C/c1cc(C(F)(F)F)ccn1. The molecule has 0 unspecified atom stereocenters. The first-order valence-corrected chi connectivity index (χ1v) is 8.26. The van der Waals surface area contributed by atoms with Crippen molar-refractivity contribution in [3.8, 4) is 0 Å². The van der Waals surface area contributed by atoms with Crippen LogP contribution in [0.4, 0.5) is 18.9 Å². The molecule has 0 fully saturated rings. The maximum atomic E-state index is 12.7. The van der Waals surface area contributed by atoms with Crippen molar-refractivity contribution in [2.45, 2.75) is 6.18 Å². The third-order valence-electron chi connectivity index (χ3n) is 3.11. The van der Waals surface area contributed by atoms with Gasteiger partial charge in [-0.15, -0.1) is 0 Å². The summed E-state index contributed by atoms with van der Waals surface area (Å²) in [5, 5.41) is 2.38. The number of aromatic nitrogens is 1. The van der Waals surface area contributed by atoms with Gasteiger partial charge in [0.25, 0.3) is 0 Å². The number of anilines is 1. The predicted octanol–water partition coefficient (Wildman–Crippen LogP) is 3.29. The molecule has 0 saturated carbocycles. The smallest absolute Gasteiger partial charge is 0.313 e. The number of hydrogen-bond donors (Lipinski definition) is 2. The van der Waals surface area contributed by atoms with Gasteiger partial charge in [-0.25, -0.2) is 11.7 Å². The van der Waals surface area contributed by atoms with E-state index in [1.807, 2.05) is 18.2 Å². The lowest BCUT2D eigenvalue weighted by Gasteiger charge is -2.16. The van der Waals surface area contributed by atoms with Gasteiger partial charge in [-0.1, -0.05) is 22.0 Å². The number of alkyl halides is 3. The lowest BCUT2D eigenvalue weighted by atomic mass is 10.1. The fourth-order valence-corrected chi connectivity index (χ4v) is 2.37. The van der Waals surface area contributed by atoms with Crippen LogP contribution in [0.15, 0.2) is 41.0 Å². The van der Waals surface area contributed by atoms with Gasteiger partial charge in [0.1, 0.15) is 0 Å². The van der Waals surface area contributed by atoms with E-state index in [2.05, 4.69) is 20.9 Å². The van der Waals surface area contributed by atoms with E-state index in [9.17, 15) is 18.0 Å². The van der Waals surface area contributed by atoms with E-state index < -0.39 is 11.7 Å². The van der Waals surface area contributed by atoms with Gasteiger partial charge in [0.05, 0.1) is 16.9 Å². The van der Waals surface area contributed by atoms with Gasteiger partial charge in [0.2, 0.25) is 6.41 Å². The van der Waals surface area contributed by atoms with Crippen LogP contribution < -0.4 is 16.7 Å². The number of nitrogens with two attached hydrogens (primary N) is 2. The van der Waals surface area contributed by atoms with Gasteiger partial charge in [0.15, 0.2) is 0 Å². The zero-order valence-corrected chi connectivity index (χ0v) is 16.2. The minimum Gasteiger partial charge on any atom is -0.313 e. The average molecular weight is 446 g/mol. The Kier molecular flexibility index (Phi) is 8.41. The monoisotopic (exact) mass is 445 g/mol. The van der Waals surface area contributed by atoms with Gasteiger partial charge < -0.3 is 5.01 Å². The van der Waals surface area contributed by atoms with Crippen molar-refractivity contribution in [3.05, 3.63) is 57.8 Å². The summed E-state index contributed by atoms with van der Waals surface area (Å²) in [5.74, 6) is 10.5. The molecule has 146 valence electrons. The molecule has 2 aromatic rings. The summed E-state index contributed by atoms with van der Waals surface area (Å²) >= 11 is 3.40. The van der Waals surface area contributed by atoms with Crippen molar-refractivity contribution in [2.75, 3.05) is 19.1 Å². The zero-order chi connectivity index (χ0) is 20.6. The van der Waals surface area contributed by atoms with E-state index in [0.717, 1.165) is 39.1 Å². The number of benzene rings is 1. The molecule has 1 aromatic carbocycles. The number of rotatable bonds is 4. The highest BCUT2D eigenvalue weighted by Crippen LogP contribution is 2.30. The molecule has 0 saturated heterocycles. The third kappa shape index (κ3) is 7.37. The van der Waals surface area contributed by atoms with Crippen LogP contribution in [0.25, 0.3) is 12.2 Å². The van der Waals surface area contributed by atoms with Gasteiger partial charge in [0, 0.05) is 30.3 Å². The van der Waals surface area contributed by atoms with Crippen LogP contribution in [0.1, 0.15) is 16.8 Å². The molecule has 1 aromatic heterocycles. The fourth-order valence-electron chi connectivity index (χ4n) is 1.88. The van der Waals surface area contributed by atoms with Crippen LogP contribution in [-0.2, 0) is 11.0 Å². The first-order chi connectivity index (χ1) is 12.6. The van der Waals surface area contributed by atoms with Crippen molar-refractivity contribution in [1.82, 2.24) is 9.99 Å². The Bertz CT molecular complexity index is 794. The minimum atomic E-state index is -4.39. The molecule has 1 amide bonds. The highest BCUT2D eigenvalue weighted by atomic mass is 79.9. The lowest BCUT2D eigenvalue weighted by molar-refractivity contribution is -0.137. The second-order valence-electron chi connectivity index (χ2n) is 5.35. The van der Waals surface area contributed by atoms with Gasteiger partial charge in [-0.3, -0.25) is 14.8 Å². The van der Waals surface area contributed by atoms with Crippen LogP contribution in [0.3, 0.4) is 0 Å². The normalized spacial score (nSPS) is 11.0. The fraction of sp³-hybridized carbons (Fsp3) is 0.176. The Labute approximate surface area is 163 Å². The highest BCUT2D eigenvalue weighted by Gasteiger charge is 2.30. The summed E-state index contributed by atoms with van der Waals surface area (Å²) in [6.45, 7) is 0. The van der Waals surface area contributed by atoms with E-state index in [4.69, 9.17) is 11.7 Å². The van der Waals surface area contributed by atoms with Crippen LogP contribution in [-0.4, -0.2) is 30.5 Å². The van der Waals surface area contributed by atoms with E-state index in [1.165, 1.54) is 18.1 Å². The lowest BCUT2D eigenvalue weighted by Crippen LogP contribution is -2.25. The molecule has 0 bridgehead atoms. The first-order valence-electron chi connectivity index (χ1n) is 7.47. The first kappa shape index (κ1) is 22.6. The maximum absolute atomic E-state index is 12.7. The van der Waals surface area contributed by atoms with Crippen LogP contribution >= 0.6 is 15.9 Å². The number of nitrogens with zero attached hydrogens (tertiary/aromatic N) is 3. The van der Waals surface area contributed by atoms with Gasteiger partial charge in [-0.2, -0.15) is 13.2 Å². The molecule has 0 spiro atoms. The predicted molar refractivity (Wildman–Crippen MR) is 103 cm³/mol. The number of amides is 1. The topological polar surface area (TPSA) is 88.5 Å². The quantitative estimate of drug-likeness (QED) is 0.326. The molecule has 0 aliphatic heterocycles. The van der Waals surface area contributed by atoms with E-state index in [1.54, 1.807) is 13.1 Å². The molecule has 0 aliphatic rings. The summed E-state index contributed by atoms with van der Waals surface area (Å²) in [4.78, 5) is 13.2. The summed E-state index contributed by atoms with van der Waals surface area (Å²) in [6.07, 6.45) is 0.466. The number of carbonyl (C=O) groups is 1. The Morgan fingerprint density at radius 3 is 2.30 bits per heavy atom. The second-order valence-corrected chi connectivity index (χ2v) is 6.21. The number of pyridine rings is 1. The van der Waals surface area contributed by atoms with E-state index in [-0.39, 0.29) is 5.69 Å². The summed E-state index contributed by atoms with van der Waals surface area (Å²) in [7, 11) is 3.15. The Morgan fingerprint density at radius 1 is 1.15 bits per heavy atom. The molecular formula is C17H19BrF3N5O. The Morgan fingerprint density at radius 2 is 1.78 bits per heavy atom. The van der Waals surface area contributed by atoms with Gasteiger partial charge >= 0.3 is 6.18 Å². The summed E-state index contributed by atoms with van der Waals surface area (Å²) < 4.78 is 38.8. The van der Waals surface area contributed by atoms with Crippen LogP contribution in [0.2, 0.25) is 0 Å². The van der Waals surface area contributed by atoms with Crippen molar-refractivity contribution in [2.24, 2.45) is 11.7 Å². The summed E-state index contributed by atoms with van der Waals surface area (Å²) in [6, 6.07) is 7.40. The molecule has 27 heavy (non-hydrogen) atoms. The third-order valence-corrected chi connectivity index (χ3v) is 3.80. The molecule has 0 aliphatic carbocycles. The molecule has 1 heterocycles. The van der Waals surface area contributed by atoms with Crippen molar-refractivity contribution >= 4 is 40.2 Å². The van der Waals surface area contributed by atoms with Crippen molar-refractivity contribution in [3.63, 3.8) is 0 Å².